The van der Waals surface area contributed by atoms with Gasteiger partial charge < -0.3 is 9.64 Å². The number of fused-ring (bicyclic) bond motifs is 1. The topological polar surface area (TPSA) is 53.3 Å². The molecule has 0 atom stereocenters. The van der Waals surface area contributed by atoms with Crippen molar-refractivity contribution in [2.24, 2.45) is 5.41 Å². The van der Waals surface area contributed by atoms with E-state index in [1.54, 1.807) is 18.7 Å². The van der Waals surface area contributed by atoms with E-state index < -0.39 is 5.97 Å². The monoisotopic (exact) mass is 394 g/mol. The highest BCUT2D eigenvalue weighted by molar-refractivity contribution is 8.03. The van der Waals surface area contributed by atoms with Crippen LogP contribution in [0.15, 0.2) is 63.1 Å². The van der Waals surface area contributed by atoms with Crippen LogP contribution in [0.1, 0.15) is 40.5 Å². The molecule has 0 saturated heterocycles. The van der Waals surface area contributed by atoms with Crippen LogP contribution < -0.4 is 4.90 Å². The molecule has 0 aromatic heterocycles. The summed E-state index contributed by atoms with van der Waals surface area (Å²) in [6, 6.07) is 10.5. The number of para-hydroxylation sites is 1. The highest BCUT2D eigenvalue weighted by Gasteiger charge is 2.30. The summed E-state index contributed by atoms with van der Waals surface area (Å²) in [5, 5.41) is 10.7. The van der Waals surface area contributed by atoms with Crippen LogP contribution in [0, 0.1) is 16.7 Å². The van der Waals surface area contributed by atoms with E-state index in [0.29, 0.717) is 6.42 Å². The van der Waals surface area contributed by atoms with Crippen LogP contribution in [0.25, 0.3) is 0 Å². The standard InChI is InChI=1S/C23H26N2O2S/c1-5-25-19-9-7-8-10-20(19)28-21(25)12-16-11-17(14-23(3,4)13-16)18(15-24)22(26)27-6-2/h7-12H,5-6,13-14H2,1-4H3/b18-17+,21-12-. The van der Waals surface area contributed by atoms with Crippen LogP contribution in [-0.4, -0.2) is 19.1 Å². The van der Waals surface area contributed by atoms with Crippen molar-refractivity contribution in [3.8, 4) is 6.07 Å². The Bertz CT molecular complexity index is 919. The number of carbonyl (C=O) groups excluding carboxylic acids is 1. The Morgan fingerprint density at radius 3 is 2.75 bits per heavy atom. The van der Waals surface area contributed by atoms with E-state index in [9.17, 15) is 10.1 Å². The third-order valence-electron chi connectivity index (χ3n) is 4.89. The van der Waals surface area contributed by atoms with Gasteiger partial charge in [0.1, 0.15) is 11.6 Å². The highest BCUT2D eigenvalue weighted by atomic mass is 32.2. The minimum absolute atomic E-state index is 0.0295. The van der Waals surface area contributed by atoms with E-state index in [2.05, 4.69) is 62.1 Å². The van der Waals surface area contributed by atoms with Crippen LogP contribution in [-0.2, 0) is 9.53 Å². The number of rotatable bonds is 4. The lowest BCUT2D eigenvalue weighted by atomic mass is 9.74. The summed E-state index contributed by atoms with van der Waals surface area (Å²) in [5.74, 6) is -0.529. The normalized spacial score (nSPS) is 21.0. The Kier molecular flexibility index (Phi) is 6.00. The quantitative estimate of drug-likeness (QED) is 0.378. The molecule has 0 unspecified atom stereocenters. The summed E-state index contributed by atoms with van der Waals surface area (Å²) in [4.78, 5) is 15.8. The van der Waals surface area contributed by atoms with E-state index in [0.717, 1.165) is 24.1 Å². The molecule has 1 aromatic carbocycles. The lowest BCUT2D eigenvalue weighted by molar-refractivity contribution is -0.138. The molecule has 1 aromatic rings. The number of anilines is 1. The molecule has 0 fully saturated rings. The molecule has 3 rings (SSSR count). The number of ether oxygens (including phenoxy) is 1. The third kappa shape index (κ3) is 4.18. The number of esters is 1. The first kappa shape index (κ1) is 20.3. The number of nitriles is 1. The minimum atomic E-state index is -0.529. The summed E-state index contributed by atoms with van der Waals surface area (Å²) in [6.07, 6.45) is 5.79. The maximum Gasteiger partial charge on any atom is 0.349 e. The van der Waals surface area contributed by atoms with Gasteiger partial charge in [0.2, 0.25) is 0 Å². The number of nitrogens with zero attached hydrogens (tertiary/aromatic N) is 2. The Hall–Kier alpha value is -2.45. The molecule has 0 spiro atoms. The predicted molar refractivity (Wildman–Crippen MR) is 114 cm³/mol. The average molecular weight is 395 g/mol. The highest BCUT2D eigenvalue weighted by Crippen LogP contribution is 2.47. The largest absolute Gasteiger partial charge is 0.462 e. The SMILES string of the molecule is CCOC(=O)/C(C#N)=C1C=C(/C=C2\Sc3ccccc3N2CC)CC(C)(C)C\1. The van der Waals surface area contributed by atoms with Crippen LogP contribution in [0.3, 0.4) is 0 Å². The van der Waals surface area contributed by atoms with Gasteiger partial charge in [0, 0.05) is 11.4 Å². The molecule has 0 bridgehead atoms. The predicted octanol–water partition coefficient (Wildman–Crippen LogP) is 5.59. The molecule has 0 saturated carbocycles. The van der Waals surface area contributed by atoms with Crippen molar-refractivity contribution in [1.29, 1.82) is 5.26 Å². The number of hydrogen-bond acceptors (Lipinski definition) is 5. The fourth-order valence-electron chi connectivity index (χ4n) is 3.81. The second kappa shape index (κ2) is 8.28. The van der Waals surface area contributed by atoms with E-state index in [-0.39, 0.29) is 17.6 Å². The van der Waals surface area contributed by atoms with Crippen molar-refractivity contribution in [3.05, 3.63) is 58.2 Å². The Morgan fingerprint density at radius 1 is 1.32 bits per heavy atom. The first-order valence-electron chi connectivity index (χ1n) is 9.65. The summed E-state index contributed by atoms with van der Waals surface area (Å²) >= 11 is 1.77. The molecule has 0 N–H and O–H groups in total. The zero-order valence-corrected chi connectivity index (χ0v) is 17.7. The number of carbonyl (C=O) groups is 1. The maximum absolute atomic E-state index is 12.2. The molecular weight excluding hydrogens is 368 g/mol. The van der Waals surface area contributed by atoms with E-state index >= 15 is 0 Å². The Morgan fingerprint density at radius 2 is 2.07 bits per heavy atom. The molecule has 2 aliphatic rings. The van der Waals surface area contributed by atoms with Crippen molar-refractivity contribution in [2.75, 3.05) is 18.1 Å². The molecule has 4 nitrogen and oxygen atoms in total. The Balaban J connectivity index is 2.01. The minimum Gasteiger partial charge on any atom is -0.462 e. The van der Waals surface area contributed by atoms with Gasteiger partial charge in [0.15, 0.2) is 0 Å². The summed E-state index contributed by atoms with van der Waals surface area (Å²) in [6.45, 7) is 9.40. The van der Waals surface area contributed by atoms with Crippen LogP contribution in [0.2, 0.25) is 0 Å². The average Bonchev–Trinajstić information content (AvgIpc) is 2.98. The smallest absolute Gasteiger partial charge is 0.349 e. The number of thioether (sulfide) groups is 1. The van der Waals surface area contributed by atoms with E-state index in [1.165, 1.54) is 15.6 Å². The molecule has 0 amide bonds. The van der Waals surface area contributed by atoms with Gasteiger partial charge in [-0.05, 0) is 61.5 Å². The number of allylic oxidation sites excluding steroid dienone is 4. The zero-order valence-electron chi connectivity index (χ0n) is 16.9. The van der Waals surface area contributed by atoms with E-state index in [4.69, 9.17) is 4.74 Å². The van der Waals surface area contributed by atoms with Crippen molar-refractivity contribution >= 4 is 23.4 Å². The summed E-state index contributed by atoms with van der Waals surface area (Å²) in [7, 11) is 0. The molecule has 1 aliphatic heterocycles. The lowest BCUT2D eigenvalue weighted by Gasteiger charge is -2.31. The lowest BCUT2D eigenvalue weighted by Crippen LogP contribution is -2.21. The Labute approximate surface area is 171 Å². The van der Waals surface area contributed by atoms with Crippen molar-refractivity contribution in [3.63, 3.8) is 0 Å². The fourth-order valence-corrected chi connectivity index (χ4v) is 5.01. The van der Waals surface area contributed by atoms with Gasteiger partial charge >= 0.3 is 5.97 Å². The van der Waals surface area contributed by atoms with Gasteiger partial charge in [-0.1, -0.05) is 43.8 Å². The van der Waals surface area contributed by atoms with Crippen molar-refractivity contribution in [1.82, 2.24) is 0 Å². The second-order valence-electron chi connectivity index (χ2n) is 7.77. The summed E-state index contributed by atoms with van der Waals surface area (Å²) in [5.41, 5.74) is 3.24. The van der Waals surface area contributed by atoms with Gasteiger partial charge in [0.05, 0.1) is 17.3 Å². The van der Waals surface area contributed by atoms with Gasteiger partial charge in [0.25, 0.3) is 0 Å². The van der Waals surface area contributed by atoms with Crippen LogP contribution in [0.4, 0.5) is 5.69 Å². The molecule has 1 heterocycles. The van der Waals surface area contributed by atoms with E-state index in [1.807, 2.05) is 6.08 Å². The summed E-state index contributed by atoms with van der Waals surface area (Å²) < 4.78 is 5.09. The molecule has 5 heteroatoms. The van der Waals surface area contributed by atoms with Gasteiger partial charge in [-0.2, -0.15) is 5.26 Å². The molecular formula is C23H26N2O2S. The fraction of sp³-hybridized carbons (Fsp3) is 0.391. The third-order valence-corrected chi connectivity index (χ3v) is 6.00. The van der Waals surface area contributed by atoms with Gasteiger partial charge in [-0.3, -0.25) is 0 Å². The first-order chi connectivity index (χ1) is 13.4. The zero-order chi connectivity index (χ0) is 20.3. The molecule has 146 valence electrons. The van der Waals surface area contributed by atoms with Gasteiger partial charge in [-0.25, -0.2) is 4.79 Å². The molecule has 1 aliphatic carbocycles. The van der Waals surface area contributed by atoms with Crippen molar-refractivity contribution < 1.29 is 9.53 Å². The van der Waals surface area contributed by atoms with Crippen LogP contribution in [0.5, 0.6) is 0 Å². The first-order valence-corrected chi connectivity index (χ1v) is 10.5. The second-order valence-corrected chi connectivity index (χ2v) is 8.83. The molecule has 28 heavy (non-hydrogen) atoms. The number of hydrogen-bond donors (Lipinski definition) is 0. The molecule has 0 radical (unpaired) electrons. The number of benzene rings is 1. The van der Waals surface area contributed by atoms with Gasteiger partial charge in [-0.15, -0.1) is 0 Å². The van der Waals surface area contributed by atoms with Crippen LogP contribution >= 0.6 is 11.8 Å². The van der Waals surface area contributed by atoms with Crippen molar-refractivity contribution in [2.45, 2.75) is 45.4 Å². The maximum atomic E-state index is 12.2.